The molecule has 0 saturated heterocycles. The van der Waals surface area contributed by atoms with Crippen molar-refractivity contribution in [2.45, 2.75) is 13.1 Å². The van der Waals surface area contributed by atoms with Crippen LogP contribution >= 0.6 is 11.6 Å². The summed E-state index contributed by atoms with van der Waals surface area (Å²) in [6.45, 7) is 1.54. The molecule has 0 aliphatic rings. The van der Waals surface area contributed by atoms with E-state index in [9.17, 15) is 18.0 Å². The number of aromatic nitrogens is 2. The topological polar surface area (TPSA) is 46.4 Å². The number of hydrogen-bond acceptors (Lipinski definition) is 2. The van der Waals surface area contributed by atoms with Crippen LogP contribution in [0.4, 0.5) is 18.9 Å². The molecular formula is C16H11ClF3N3O. The van der Waals surface area contributed by atoms with Crippen LogP contribution in [0, 0.1) is 6.92 Å². The van der Waals surface area contributed by atoms with Crippen LogP contribution in [0.2, 0.25) is 5.02 Å². The minimum absolute atomic E-state index is 0.00172. The third-order valence-electron chi connectivity index (χ3n) is 3.42. The number of imidazole rings is 1. The Bertz CT molecular complexity index is 920. The molecule has 0 unspecified atom stereocenters. The smallest absolute Gasteiger partial charge is 0.321 e. The molecule has 24 heavy (non-hydrogen) atoms. The number of rotatable bonds is 2. The van der Waals surface area contributed by atoms with Crippen LogP contribution in [0.1, 0.15) is 21.7 Å². The maximum atomic E-state index is 13.0. The van der Waals surface area contributed by atoms with Crippen LogP contribution in [-0.4, -0.2) is 15.3 Å². The van der Waals surface area contributed by atoms with E-state index in [1.165, 1.54) is 6.92 Å². The number of hydrogen-bond donors (Lipinski definition) is 1. The molecular weight excluding hydrogens is 343 g/mol. The molecule has 3 rings (SSSR count). The molecule has 0 aliphatic carbocycles. The molecule has 1 aromatic carbocycles. The predicted molar refractivity (Wildman–Crippen MR) is 84.3 cm³/mol. The zero-order valence-corrected chi connectivity index (χ0v) is 13.1. The van der Waals surface area contributed by atoms with Gasteiger partial charge >= 0.3 is 6.18 Å². The molecule has 1 N–H and O–H groups in total. The highest BCUT2D eigenvalue weighted by atomic mass is 35.5. The lowest BCUT2D eigenvalue weighted by Crippen LogP contribution is -2.16. The number of amides is 1. The van der Waals surface area contributed by atoms with E-state index in [-0.39, 0.29) is 22.1 Å². The Balaban J connectivity index is 2.12. The minimum Gasteiger partial charge on any atom is -0.321 e. The molecule has 0 saturated carbocycles. The third kappa shape index (κ3) is 2.94. The van der Waals surface area contributed by atoms with E-state index >= 15 is 0 Å². The van der Waals surface area contributed by atoms with Crippen LogP contribution < -0.4 is 5.32 Å². The fourth-order valence-electron chi connectivity index (χ4n) is 2.36. The van der Waals surface area contributed by atoms with Crippen molar-refractivity contribution < 1.29 is 18.0 Å². The molecule has 2 heterocycles. The van der Waals surface area contributed by atoms with E-state index in [2.05, 4.69) is 10.3 Å². The average molecular weight is 354 g/mol. The molecule has 2 aromatic heterocycles. The van der Waals surface area contributed by atoms with E-state index in [1.807, 2.05) is 0 Å². The fourth-order valence-corrected chi connectivity index (χ4v) is 2.61. The minimum atomic E-state index is -4.58. The van der Waals surface area contributed by atoms with Gasteiger partial charge in [0.25, 0.3) is 5.91 Å². The van der Waals surface area contributed by atoms with Crippen molar-refractivity contribution in [1.29, 1.82) is 0 Å². The summed E-state index contributed by atoms with van der Waals surface area (Å²) in [6.07, 6.45) is -3.76. The van der Waals surface area contributed by atoms with Crippen molar-refractivity contribution >= 4 is 28.8 Å². The van der Waals surface area contributed by atoms with Gasteiger partial charge < -0.3 is 5.32 Å². The lowest BCUT2D eigenvalue weighted by molar-refractivity contribution is -0.137. The van der Waals surface area contributed by atoms with Crippen molar-refractivity contribution in [3.63, 3.8) is 0 Å². The van der Waals surface area contributed by atoms with Crippen molar-refractivity contribution in [2.24, 2.45) is 0 Å². The number of carbonyl (C=O) groups excluding carboxylic acids is 1. The first-order chi connectivity index (χ1) is 11.3. The molecule has 8 heteroatoms. The fraction of sp³-hybridized carbons (Fsp3) is 0.125. The maximum Gasteiger partial charge on any atom is 0.417 e. The van der Waals surface area contributed by atoms with Gasteiger partial charge in [-0.3, -0.25) is 9.20 Å². The number of para-hydroxylation sites is 1. The molecule has 0 atom stereocenters. The van der Waals surface area contributed by atoms with E-state index in [0.717, 1.165) is 16.7 Å². The summed E-state index contributed by atoms with van der Waals surface area (Å²) in [7, 11) is 0. The Morgan fingerprint density at radius 1 is 1.25 bits per heavy atom. The van der Waals surface area contributed by atoms with Crippen molar-refractivity contribution in [3.8, 4) is 0 Å². The number of anilines is 1. The number of nitrogens with one attached hydrogen (secondary N) is 1. The Morgan fingerprint density at radius 3 is 2.54 bits per heavy atom. The summed E-state index contributed by atoms with van der Waals surface area (Å²) in [5, 5.41) is 2.46. The molecule has 124 valence electrons. The monoisotopic (exact) mass is 353 g/mol. The maximum absolute atomic E-state index is 13.0. The van der Waals surface area contributed by atoms with Crippen LogP contribution in [0.25, 0.3) is 5.65 Å². The number of alkyl halides is 3. The van der Waals surface area contributed by atoms with Gasteiger partial charge in [-0.05, 0) is 25.1 Å². The summed E-state index contributed by atoms with van der Waals surface area (Å²) in [4.78, 5) is 16.6. The number of pyridine rings is 1. The first-order valence-electron chi connectivity index (χ1n) is 6.89. The SMILES string of the molecule is Cc1nc2c(Cl)cc(C(F)(F)F)cn2c1C(=O)Nc1ccccc1. The van der Waals surface area contributed by atoms with Gasteiger partial charge in [-0.15, -0.1) is 0 Å². The lowest BCUT2D eigenvalue weighted by Gasteiger charge is -2.10. The Morgan fingerprint density at radius 2 is 1.92 bits per heavy atom. The second kappa shape index (κ2) is 5.83. The molecule has 1 amide bonds. The summed E-state index contributed by atoms with van der Waals surface area (Å²) >= 11 is 5.90. The second-order valence-electron chi connectivity index (χ2n) is 5.13. The van der Waals surface area contributed by atoms with E-state index < -0.39 is 17.6 Å². The number of nitrogens with zero attached hydrogens (tertiary/aromatic N) is 2. The van der Waals surface area contributed by atoms with E-state index in [1.54, 1.807) is 30.3 Å². The van der Waals surface area contributed by atoms with Gasteiger partial charge in [0.05, 0.1) is 16.3 Å². The van der Waals surface area contributed by atoms with Gasteiger partial charge in [0, 0.05) is 11.9 Å². The normalized spacial score (nSPS) is 11.7. The van der Waals surface area contributed by atoms with Gasteiger partial charge in [-0.2, -0.15) is 13.2 Å². The zero-order valence-electron chi connectivity index (χ0n) is 12.4. The summed E-state index contributed by atoms with van der Waals surface area (Å²) in [5.74, 6) is -0.568. The highest BCUT2D eigenvalue weighted by Crippen LogP contribution is 2.33. The van der Waals surface area contributed by atoms with Crippen LogP contribution in [0.5, 0.6) is 0 Å². The molecule has 0 radical (unpaired) electrons. The highest BCUT2D eigenvalue weighted by Gasteiger charge is 2.32. The second-order valence-corrected chi connectivity index (χ2v) is 5.54. The van der Waals surface area contributed by atoms with Crippen molar-refractivity contribution in [2.75, 3.05) is 5.32 Å². The van der Waals surface area contributed by atoms with Gasteiger partial charge in [0.15, 0.2) is 5.65 Å². The summed E-state index contributed by atoms with van der Waals surface area (Å²) in [6, 6.07) is 9.38. The van der Waals surface area contributed by atoms with Crippen LogP contribution in [-0.2, 0) is 6.18 Å². The molecule has 0 bridgehead atoms. The van der Waals surface area contributed by atoms with Crippen LogP contribution in [0.3, 0.4) is 0 Å². The van der Waals surface area contributed by atoms with Crippen molar-refractivity contribution in [1.82, 2.24) is 9.38 Å². The average Bonchev–Trinajstić information content (AvgIpc) is 2.84. The van der Waals surface area contributed by atoms with Gasteiger partial charge in [0.1, 0.15) is 5.69 Å². The van der Waals surface area contributed by atoms with E-state index in [0.29, 0.717) is 5.69 Å². The standard InChI is InChI=1S/C16H11ClF3N3O/c1-9-13(15(24)22-11-5-3-2-4-6-11)23-8-10(16(18,19)20)7-12(17)14(23)21-9/h2-8H,1H3,(H,22,24). The number of carbonyl (C=O) groups is 1. The molecule has 0 fully saturated rings. The van der Waals surface area contributed by atoms with Gasteiger partial charge in [-0.1, -0.05) is 29.8 Å². The molecule has 3 aromatic rings. The highest BCUT2D eigenvalue weighted by molar-refractivity contribution is 6.33. The lowest BCUT2D eigenvalue weighted by atomic mass is 10.2. The van der Waals surface area contributed by atoms with E-state index in [4.69, 9.17) is 11.6 Å². The molecule has 4 nitrogen and oxygen atoms in total. The third-order valence-corrected chi connectivity index (χ3v) is 3.70. The van der Waals surface area contributed by atoms with Gasteiger partial charge in [-0.25, -0.2) is 4.98 Å². The summed E-state index contributed by atoms with van der Waals surface area (Å²) in [5.41, 5.74) is -0.0482. The first-order valence-corrected chi connectivity index (χ1v) is 7.27. The number of halogens is 4. The Labute approximate surface area is 139 Å². The first kappa shape index (κ1) is 16.3. The molecule has 0 aliphatic heterocycles. The largest absolute Gasteiger partial charge is 0.417 e. The number of benzene rings is 1. The Hall–Kier alpha value is -2.54. The summed E-state index contributed by atoms with van der Waals surface area (Å²) < 4.78 is 40.0. The van der Waals surface area contributed by atoms with Crippen molar-refractivity contribution in [3.05, 3.63) is 64.6 Å². The van der Waals surface area contributed by atoms with Gasteiger partial charge in [0.2, 0.25) is 0 Å². The quantitative estimate of drug-likeness (QED) is 0.733. The molecule has 0 spiro atoms. The zero-order chi connectivity index (χ0) is 17.5. The predicted octanol–water partition coefficient (Wildman–Crippen LogP) is 4.57. The number of fused-ring (bicyclic) bond motifs is 1. The number of aryl methyl sites for hydroxylation is 1. The Kier molecular flexibility index (Phi) is 3.96. The van der Waals surface area contributed by atoms with Crippen LogP contribution in [0.15, 0.2) is 42.6 Å².